The van der Waals surface area contributed by atoms with Crippen molar-refractivity contribution in [3.63, 3.8) is 0 Å². The zero-order valence-corrected chi connectivity index (χ0v) is 23.9. The molecule has 0 radical (unpaired) electrons. The van der Waals surface area contributed by atoms with Crippen LogP contribution in [0.2, 0.25) is 0 Å². The van der Waals surface area contributed by atoms with Gasteiger partial charge in [0.1, 0.15) is 17.3 Å². The molecule has 2 N–H and O–H groups in total. The van der Waals surface area contributed by atoms with Crippen LogP contribution in [0.4, 0.5) is 0 Å². The summed E-state index contributed by atoms with van der Waals surface area (Å²) in [6.07, 6.45) is 17.4. The van der Waals surface area contributed by atoms with Gasteiger partial charge in [0.25, 0.3) is 0 Å². The fraction of sp³-hybridized carbons (Fsp3) is 0.389. The molecule has 0 bridgehead atoms. The van der Waals surface area contributed by atoms with Crippen LogP contribution >= 0.6 is 0 Å². The molecule has 2 aromatic carbocycles. The fourth-order valence-corrected chi connectivity index (χ4v) is 6.82. The first-order valence-corrected chi connectivity index (χ1v) is 15.3. The van der Waals surface area contributed by atoms with Crippen molar-refractivity contribution in [1.29, 1.82) is 0 Å². The van der Waals surface area contributed by atoms with E-state index in [-0.39, 0.29) is 54.0 Å². The first-order valence-electron chi connectivity index (χ1n) is 15.3. The van der Waals surface area contributed by atoms with Gasteiger partial charge < -0.3 is 19.9 Å². The summed E-state index contributed by atoms with van der Waals surface area (Å²) >= 11 is 0. The van der Waals surface area contributed by atoms with E-state index in [1.165, 1.54) is 0 Å². The molecule has 3 aliphatic carbocycles. The second kappa shape index (κ2) is 12.4. The van der Waals surface area contributed by atoms with E-state index in [1.54, 1.807) is 18.3 Å². The summed E-state index contributed by atoms with van der Waals surface area (Å²) in [5.74, 6) is 0.563. The summed E-state index contributed by atoms with van der Waals surface area (Å²) in [7, 11) is 0. The van der Waals surface area contributed by atoms with Crippen molar-refractivity contribution in [2.45, 2.75) is 76.2 Å². The average Bonchev–Trinajstić information content (AvgIpc) is 3.63. The lowest BCUT2D eigenvalue weighted by atomic mass is 9.73. The minimum Gasteiger partial charge on any atom is -0.664 e. The predicted molar refractivity (Wildman–Crippen MR) is 163 cm³/mol. The zero-order chi connectivity index (χ0) is 29.1. The van der Waals surface area contributed by atoms with E-state index in [2.05, 4.69) is 17.1 Å². The number of benzene rings is 2. The van der Waals surface area contributed by atoms with Crippen LogP contribution in [0.25, 0.3) is 12.2 Å². The van der Waals surface area contributed by atoms with Gasteiger partial charge in [-0.1, -0.05) is 54.1 Å². The van der Waals surface area contributed by atoms with Crippen molar-refractivity contribution in [1.82, 2.24) is 4.98 Å². The zero-order valence-electron chi connectivity index (χ0n) is 23.9. The number of phenols is 2. The van der Waals surface area contributed by atoms with Crippen LogP contribution in [0.15, 0.2) is 60.8 Å². The smallest absolute Gasteiger partial charge is 0.161 e. The Hall–Kier alpha value is -4.06. The summed E-state index contributed by atoms with van der Waals surface area (Å²) in [5.41, 5.74) is 4.90. The monoisotopic (exact) mass is 564 g/mol. The molecular weight excluding hydrogens is 526 g/mol. The lowest BCUT2D eigenvalue weighted by molar-refractivity contribution is -0.128. The van der Waals surface area contributed by atoms with Gasteiger partial charge in [0.15, 0.2) is 11.5 Å². The molecule has 6 nitrogen and oxygen atoms in total. The van der Waals surface area contributed by atoms with E-state index in [0.29, 0.717) is 17.9 Å². The molecule has 0 aliphatic heterocycles. The highest BCUT2D eigenvalue weighted by Crippen LogP contribution is 2.41. The Morgan fingerprint density at radius 2 is 1.81 bits per heavy atom. The minimum absolute atomic E-state index is 0.0512. The van der Waals surface area contributed by atoms with Gasteiger partial charge in [0, 0.05) is 17.9 Å². The standard InChI is InChI=1S/C36H38NO5/c38-26(13-9-24-11-17-34(40)36(21-24)42-27-5-1-2-6-27)22-35(41)30-15-16-32-29(18-19-37-32)31(30)20-23-8-12-25-4-3-7-33(39)28(25)14-10-23/h3-4,7,10-11,14-19,21,23,27,30-31,39-40H,1-2,5-6,8-9,12-13,20,22H2/q-1. The second-order valence-corrected chi connectivity index (χ2v) is 12.0. The number of Topliss-reactive ketones (excluding diaryl/α,β-unsaturated/α-hetero) is 2. The molecule has 0 spiro atoms. The van der Waals surface area contributed by atoms with Gasteiger partial charge in [-0.05, 0) is 92.5 Å². The number of fused-ring (bicyclic) bond motifs is 2. The molecule has 218 valence electrons. The van der Waals surface area contributed by atoms with Crippen LogP contribution in [-0.4, -0.2) is 27.9 Å². The largest absolute Gasteiger partial charge is 0.664 e. The number of rotatable bonds is 10. The number of aryl methyl sites for hydroxylation is 2. The number of ether oxygens (including phenoxy) is 1. The molecule has 42 heavy (non-hydrogen) atoms. The molecule has 3 unspecified atom stereocenters. The summed E-state index contributed by atoms with van der Waals surface area (Å²) in [6, 6.07) is 12.9. The van der Waals surface area contributed by atoms with Gasteiger partial charge in [-0.15, -0.1) is 5.69 Å². The molecule has 0 saturated heterocycles. The Labute approximate surface area is 247 Å². The third-order valence-electron chi connectivity index (χ3n) is 9.16. The average molecular weight is 565 g/mol. The van der Waals surface area contributed by atoms with Crippen LogP contribution in [0.3, 0.4) is 0 Å². The quantitative estimate of drug-likeness (QED) is 0.259. The third kappa shape index (κ3) is 6.23. The second-order valence-electron chi connectivity index (χ2n) is 12.0. The van der Waals surface area contributed by atoms with E-state index >= 15 is 0 Å². The van der Waals surface area contributed by atoms with Crippen LogP contribution < -0.4 is 9.72 Å². The number of hydrogen-bond acceptors (Lipinski definition) is 5. The first kappa shape index (κ1) is 28.1. The highest BCUT2D eigenvalue weighted by molar-refractivity contribution is 6.01. The molecule has 3 atom stereocenters. The molecule has 1 saturated carbocycles. The van der Waals surface area contributed by atoms with E-state index in [0.717, 1.165) is 72.9 Å². The van der Waals surface area contributed by atoms with Gasteiger partial charge in [-0.3, -0.25) is 9.59 Å². The van der Waals surface area contributed by atoms with Gasteiger partial charge in [-0.25, -0.2) is 0 Å². The van der Waals surface area contributed by atoms with Crippen LogP contribution in [0.5, 0.6) is 17.2 Å². The van der Waals surface area contributed by atoms with E-state index < -0.39 is 0 Å². The molecule has 6 heteroatoms. The van der Waals surface area contributed by atoms with Crippen molar-refractivity contribution in [3.8, 4) is 17.2 Å². The number of phenolic OH excluding ortho intramolecular Hbond substituents is 2. The molecular formula is C36H38NO5-. The highest BCUT2D eigenvalue weighted by atomic mass is 16.5. The van der Waals surface area contributed by atoms with Crippen molar-refractivity contribution in [3.05, 3.63) is 88.8 Å². The number of ketones is 2. The predicted octanol–water partition coefficient (Wildman–Crippen LogP) is 6.93. The van der Waals surface area contributed by atoms with Crippen molar-refractivity contribution >= 4 is 23.7 Å². The molecule has 1 fully saturated rings. The summed E-state index contributed by atoms with van der Waals surface area (Å²) in [4.78, 5) is 31.1. The minimum atomic E-state index is -0.377. The van der Waals surface area contributed by atoms with E-state index in [9.17, 15) is 19.8 Å². The van der Waals surface area contributed by atoms with Crippen LogP contribution in [0.1, 0.15) is 85.2 Å². The van der Waals surface area contributed by atoms with E-state index in [4.69, 9.17) is 4.74 Å². The van der Waals surface area contributed by atoms with Crippen molar-refractivity contribution in [2.24, 2.45) is 11.8 Å². The molecule has 3 aliphatic rings. The number of allylic oxidation sites excluding steroid dienone is 2. The van der Waals surface area contributed by atoms with Gasteiger partial charge >= 0.3 is 0 Å². The lowest BCUT2D eigenvalue weighted by Crippen LogP contribution is -2.26. The Kier molecular flexibility index (Phi) is 8.31. The van der Waals surface area contributed by atoms with Gasteiger partial charge in [0.05, 0.1) is 12.5 Å². The van der Waals surface area contributed by atoms with Crippen molar-refractivity contribution in [2.75, 3.05) is 0 Å². The number of carbonyl (C=O) groups excluding carboxylic acids is 2. The number of aromatic hydroxyl groups is 2. The number of carbonyl (C=O) groups is 2. The maximum atomic E-state index is 13.6. The van der Waals surface area contributed by atoms with Gasteiger partial charge in [-0.2, -0.15) is 6.20 Å². The number of hydrogen-bond donors (Lipinski definition) is 2. The van der Waals surface area contributed by atoms with Gasteiger partial charge in [0.2, 0.25) is 0 Å². The number of nitrogens with zero attached hydrogens (tertiary/aromatic N) is 1. The third-order valence-corrected chi connectivity index (χ3v) is 9.16. The van der Waals surface area contributed by atoms with Crippen LogP contribution in [0, 0.1) is 11.8 Å². The Balaban J connectivity index is 1.09. The fourth-order valence-electron chi connectivity index (χ4n) is 6.82. The molecule has 0 amide bonds. The molecule has 1 aromatic heterocycles. The van der Waals surface area contributed by atoms with Crippen molar-refractivity contribution < 1.29 is 24.5 Å². The Morgan fingerprint density at radius 1 is 0.952 bits per heavy atom. The maximum absolute atomic E-state index is 13.6. The first-order chi connectivity index (χ1) is 20.4. The lowest BCUT2D eigenvalue weighted by Gasteiger charge is -2.31. The maximum Gasteiger partial charge on any atom is 0.161 e. The highest BCUT2D eigenvalue weighted by Gasteiger charge is 2.32. The summed E-state index contributed by atoms with van der Waals surface area (Å²) < 4.78 is 6.01. The summed E-state index contributed by atoms with van der Waals surface area (Å²) in [6.45, 7) is 0. The molecule has 6 rings (SSSR count). The molecule has 3 aromatic rings. The Morgan fingerprint density at radius 3 is 2.67 bits per heavy atom. The summed E-state index contributed by atoms with van der Waals surface area (Å²) in [5, 5.41) is 20.6. The SMILES string of the molecule is O=C(CCc1ccc(O)c(OC2CCCC2)c1)CC(=O)C1C=Cc2[n-]ccc2C1CC1C=Cc2c(O)cccc2CC1. The topological polar surface area (TPSA) is 97.9 Å². The number of aromatic nitrogens is 1. The Bertz CT molecular complexity index is 1510. The van der Waals surface area contributed by atoms with Crippen LogP contribution in [-0.2, 0) is 22.4 Å². The molecule has 1 heterocycles. The van der Waals surface area contributed by atoms with E-state index in [1.807, 2.05) is 42.5 Å². The normalized spacial score (nSPS) is 21.5.